The van der Waals surface area contributed by atoms with Crippen LogP contribution < -0.4 is 0 Å². The van der Waals surface area contributed by atoms with Crippen LogP contribution >= 0.6 is 0 Å². The molecule has 0 saturated heterocycles. The average Bonchev–Trinajstić information content (AvgIpc) is 2.50. The molecule has 0 aliphatic rings. The highest BCUT2D eigenvalue weighted by Gasteiger charge is 2.04. The van der Waals surface area contributed by atoms with E-state index in [0.29, 0.717) is 0 Å². The van der Waals surface area contributed by atoms with Gasteiger partial charge in [0.15, 0.2) is 0 Å². The molecule has 0 aromatic rings. The van der Waals surface area contributed by atoms with E-state index in [9.17, 15) is 10.2 Å². The minimum atomic E-state index is -0.238. The summed E-state index contributed by atoms with van der Waals surface area (Å²) in [5.41, 5.74) is 0. The Bertz CT molecular complexity index is 291. The Morgan fingerprint density at radius 2 is 1.58 bits per heavy atom. The Labute approximate surface area is 150 Å². The Kier molecular flexibility index (Phi) is 19.6. The molecular formula is C20H42N2O2. The third-order valence-electron chi connectivity index (χ3n) is 3.30. The second-order valence-electron chi connectivity index (χ2n) is 6.39. The standard InChI is InChI=1S/2C10H21NO/c2*1-4-6-8-11(7-5-2)9-10(3)12/h6,8,10,12H,4-5,7,9H2,1-3H3;5,10,12H,2,4,6-9H2,1,3H3/b8-6+;. The van der Waals surface area contributed by atoms with E-state index in [4.69, 9.17) is 0 Å². The first-order valence-corrected chi connectivity index (χ1v) is 9.51. The Hall–Kier alpha value is -0.840. The first-order valence-electron chi connectivity index (χ1n) is 9.51. The Morgan fingerprint density at radius 3 is 2.00 bits per heavy atom. The van der Waals surface area contributed by atoms with Gasteiger partial charge in [0.2, 0.25) is 0 Å². The van der Waals surface area contributed by atoms with Crippen LogP contribution in [0.3, 0.4) is 0 Å². The van der Waals surface area contributed by atoms with Gasteiger partial charge in [-0.25, -0.2) is 0 Å². The molecule has 0 aliphatic carbocycles. The van der Waals surface area contributed by atoms with E-state index in [1.807, 2.05) is 19.9 Å². The number of aliphatic hydroxyl groups is 2. The maximum absolute atomic E-state index is 9.17. The molecule has 0 rings (SSSR count). The summed E-state index contributed by atoms with van der Waals surface area (Å²) in [5.74, 6) is 0. The number of rotatable bonds is 13. The van der Waals surface area contributed by atoms with Crippen molar-refractivity contribution in [3.8, 4) is 0 Å². The van der Waals surface area contributed by atoms with E-state index in [1.54, 1.807) is 0 Å². The highest BCUT2D eigenvalue weighted by molar-refractivity contribution is 4.81. The van der Waals surface area contributed by atoms with E-state index in [1.165, 1.54) is 12.8 Å². The highest BCUT2D eigenvalue weighted by Crippen LogP contribution is 1.97. The van der Waals surface area contributed by atoms with Crippen LogP contribution in [0.2, 0.25) is 0 Å². The number of unbranched alkanes of at least 4 members (excludes halogenated alkanes) is 1. The van der Waals surface area contributed by atoms with E-state index < -0.39 is 0 Å². The van der Waals surface area contributed by atoms with Crippen molar-refractivity contribution in [3.05, 3.63) is 24.9 Å². The van der Waals surface area contributed by atoms with Gasteiger partial charge in [0.25, 0.3) is 0 Å². The van der Waals surface area contributed by atoms with Crippen molar-refractivity contribution < 1.29 is 10.2 Å². The SMILES string of the molecule is C=CCN(CCCC)CC(C)O.CC/C=C/N(CCC)CC(C)O. The largest absolute Gasteiger partial charge is 0.392 e. The van der Waals surface area contributed by atoms with Crippen LogP contribution in [0.15, 0.2) is 24.9 Å². The first-order chi connectivity index (χ1) is 11.4. The summed E-state index contributed by atoms with van der Waals surface area (Å²) >= 11 is 0. The van der Waals surface area contributed by atoms with Crippen molar-refractivity contribution in [2.75, 3.05) is 32.7 Å². The van der Waals surface area contributed by atoms with Crippen LogP contribution in [0.1, 0.15) is 60.3 Å². The van der Waals surface area contributed by atoms with Gasteiger partial charge in [-0.2, -0.15) is 0 Å². The van der Waals surface area contributed by atoms with Gasteiger partial charge in [-0.05, 0) is 45.9 Å². The second-order valence-corrected chi connectivity index (χ2v) is 6.39. The molecule has 2 N–H and O–H groups in total. The zero-order valence-electron chi connectivity index (χ0n) is 16.7. The number of allylic oxidation sites excluding steroid dienone is 1. The van der Waals surface area contributed by atoms with Crippen LogP contribution in [-0.4, -0.2) is 64.9 Å². The third kappa shape index (κ3) is 19.2. The normalized spacial score (nSPS) is 13.5. The van der Waals surface area contributed by atoms with Gasteiger partial charge in [0.05, 0.1) is 12.2 Å². The summed E-state index contributed by atoms with van der Waals surface area (Å²) in [4.78, 5) is 4.38. The van der Waals surface area contributed by atoms with Crippen LogP contribution in [0.25, 0.3) is 0 Å². The first kappa shape index (κ1) is 25.4. The van der Waals surface area contributed by atoms with Crippen LogP contribution in [-0.2, 0) is 0 Å². The molecule has 4 nitrogen and oxygen atoms in total. The minimum Gasteiger partial charge on any atom is -0.392 e. The van der Waals surface area contributed by atoms with Gasteiger partial charge in [-0.3, -0.25) is 4.90 Å². The molecule has 0 amide bonds. The Balaban J connectivity index is 0. The van der Waals surface area contributed by atoms with Crippen LogP contribution in [0, 0.1) is 0 Å². The average molecular weight is 343 g/mol. The summed E-state index contributed by atoms with van der Waals surface area (Å²) in [5, 5.41) is 18.3. The number of nitrogens with zero attached hydrogens (tertiary/aromatic N) is 2. The summed E-state index contributed by atoms with van der Waals surface area (Å²) < 4.78 is 0. The molecule has 0 fully saturated rings. The summed E-state index contributed by atoms with van der Waals surface area (Å²) in [6.45, 7) is 18.2. The molecular weight excluding hydrogens is 300 g/mol. The van der Waals surface area contributed by atoms with E-state index >= 15 is 0 Å². The molecule has 2 unspecified atom stereocenters. The quantitative estimate of drug-likeness (QED) is 0.502. The lowest BCUT2D eigenvalue weighted by atomic mass is 10.3. The maximum atomic E-state index is 9.17. The fourth-order valence-corrected chi connectivity index (χ4v) is 2.30. The van der Waals surface area contributed by atoms with Crippen LogP contribution in [0.4, 0.5) is 0 Å². The van der Waals surface area contributed by atoms with Gasteiger partial charge >= 0.3 is 0 Å². The van der Waals surface area contributed by atoms with Crippen molar-refractivity contribution in [2.45, 2.75) is 72.5 Å². The molecule has 24 heavy (non-hydrogen) atoms. The topological polar surface area (TPSA) is 46.9 Å². The predicted octanol–water partition coefficient (Wildman–Crippen LogP) is 3.66. The lowest BCUT2D eigenvalue weighted by Crippen LogP contribution is -2.32. The lowest BCUT2D eigenvalue weighted by Gasteiger charge is -2.21. The predicted molar refractivity (Wildman–Crippen MR) is 106 cm³/mol. The third-order valence-corrected chi connectivity index (χ3v) is 3.30. The zero-order chi connectivity index (χ0) is 18.8. The van der Waals surface area contributed by atoms with E-state index in [0.717, 1.165) is 45.6 Å². The summed E-state index contributed by atoms with van der Waals surface area (Å²) in [7, 11) is 0. The molecule has 0 saturated carbocycles. The molecule has 0 radical (unpaired) electrons. The molecule has 0 bridgehead atoms. The van der Waals surface area contributed by atoms with Crippen LogP contribution in [0.5, 0.6) is 0 Å². The molecule has 0 aromatic carbocycles. The van der Waals surface area contributed by atoms with Crippen molar-refractivity contribution in [3.63, 3.8) is 0 Å². The fraction of sp³-hybridized carbons (Fsp3) is 0.800. The van der Waals surface area contributed by atoms with Crippen molar-refractivity contribution in [1.29, 1.82) is 0 Å². The van der Waals surface area contributed by atoms with Crippen molar-refractivity contribution in [1.82, 2.24) is 9.80 Å². The number of aliphatic hydroxyl groups excluding tert-OH is 2. The zero-order valence-corrected chi connectivity index (χ0v) is 16.7. The second kappa shape index (κ2) is 18.5. The van der Waals surface area contributed by atoms with Crippen molar-refractivity contribution in [2.24, 2.45) is 0 Å². The summed E-state index contributed by atoms with van der Waals surface area (Å²) in [6, 6.07) is 0. The fourth-order valence-electron chi connectivity index (χ4n) is 2.30. The Morgan fingerprint density at radius 1 is 0.958 bits per heavy atom. The number of hydrogen-bond acceptors (Lipinski definition) is 4. The van der Waals surface area contributed by atoms with Gasteiger partial charge in [0, 0.05) is 26.2 Å². The molecule has 0 aromatic heterocycles. The van der Waals surface area contributed by atoms with Gasteiger partial charge in [0.1, 0.15) is 0 Å². The van der Waals surface area contributed by atoms with E-state index in [-0.39, 0.29) is 12.2 Å². The van der Waals surface area contributed by atoms with Gasteiger partial charge in [-0.1, -0.05) is 39.3 Å². The maximum Gasteiger partial charge on any atom is 0.0686 e. The molecule has 0 aliphatic heterocycles. The lowest BCUT2D eigenvalue weighted by molar-refractivity contribution is 0.132. The summed E-state index contributed by atoms with van der Waals surface area (Å²) in [6.07, 6.45) is 10.2. The number of hydrogen-bond donors (Lipinski definition) is 2. The molecule has 0 heterocycles. The van der Waals surface area contributed by atoms with E-state index in [2.05, 4.69) is 49.4 Å². The minimum absolute atomic E-state index is 0.234. The monoisotopic (exact) mass is 342 g/mol. The smallest absolute Gasteiger partial charge is 0.0686 e. The van der Waals surface area contributed by atoms with Gasteiger partial charge < -0.3 is 15.1 Å². The molecule has 0 spiro atoms. The highest BCUT2D eigenvalue weighted by atomic mass is 16.3. The molecule has 144 valence electrons. The molecule has 4 heteroatoms. The van der Waals surface area contributed by atoms with Crippen molar-refractivity contribution >= 4 is 0 Å². The molecule has 2 atom stereocenters. The van der Waals surface area contributed by atoms with Gasteiger partial charge in [-0.15, -0.1) is 6.58 Å².